The van der Waals surface area contributed by atoms with Gasteiger partial charge in [-0.05, 0) is 47.0 Å². The minimum Gasteiger partial charge on any atom is -0.466 e. The van der Waals surface area contributed by atoms with Crippen molar-refractivity contribution >= 4 is 33.7 Å². The van der Waals surface area contributed by atoms with E-state index in [0.717, 1.165) is 12.8 Å². The Labute approximate surface area is 211 Å². The molecule has 0 aromatic heterocycles. The first-order chi connectivity index (χ1) is 16.0. The summed E-state index contributed by atoms with van der Waals surface area (Å²) in [7, 11) is 0. The van der Waals surface area contributed by atoms with E-state index < -0.39 is 41.1 Å². The Balaban J connectivity index is 2.00. The van der Waals surface area contributed by atoms with Gasteiger partial charge >= 0.3 is 5.97 Å². The molecule has 2 bridgehead atoms. The number of unbranched alkanes of at least 4 members (excludes halogenated alkanes) is 3. The number of rotatable bonds is 11. The van der Waals surface area contributed by atoms with E-state index in [1.165, 1.54) is 0 Å². The standard InChI is InChI=1S/C25H39BrN2O6/c1-6-12-28(24(3,4)5)22(31)20-25-15-16(26)19(34-25)17(23(32)33-7-2)18(25)21(30)27(20)13-10-8-9-11-14-29/h6,16-20,29H,1,7-15H2,2-5H3/t16?,17-,18-,19-,20?,25?/m0/s1. The topological polar surface area (TPSA) is 96.4 Å². The summed E-state index contributed by atoms with van der Waals surface area (Å²) in [5.74, 6) is -2.28. The molecule has 0 aromatic rings. The van der Waals surface area contributed by atoms with E-state index in [0.29, 0.717) is 32.4 Å². The molecule has 1 spiro atoms. The zero-order valence-corrected chi connectivity index (χ0v) is 22.4. The number of halogens is 1. The predicted octanol–water partition coefficient (Wildman–Crippen LogP) is 2.66. The number of likely N-dealkylation sites (tertiary alicyclic amines) is 1. The van der Waals surface area contributed by atoms with Gasteiger partial charge in [-0.15, -0.1) is 6.58 Å². The normalized spacial score (nSPS) is 32.1. The molecule has 6 atom stereocenters. The number of alkyl halides is 1. The zero-order valence-electron chi connectivity index (χ0n) is 20.8. The molecule has 192 valence electrons. The molecule has 0 radical (unpaired) electrons. The van der Waals surface area contributed by atoms with Crippen molar-refractivity contribution in [2.24, 2.45) is 11.8 Å². The molecule has 3 rings (SSSR count). The lowest BCUT2D eigenvalue weighted by Crippen LogP contribution is -2.60. The van der Waals surface area contributed by atoms with E-state index in [2.05, 4.69) is 22.5 Å². The highest BCUT2D eigenvalue weighted by atomic mass is 79.9. The van der Waals surface area contributed by atoms with E-state index in [1.807, 2.05) is 20.8 Å². The number of hydrogen-bond acceptors (Lipinski definition) is 6. The number of nitrogens with zero attached hydrogens (tertiary/aromatic N) is 2. The first-order valence-electron chi connectivity index (χ1n) is 12.4. The van der Waals surface area contributed by atoms with Gasteiger partial charge in [-0.3, -0.25) is 14.4 Å². The van der Waals surface area contributed by atoms with Gasteiger partial charge in [0.2, 0.25) is 11.8 Å². The molecule has 3 aliphatic rings. The molecule has 3 saturated heterocycles. The summed E-state index contributed by atoms with van der Waals surface area (Å²) < 4.78 is 11.8. The molecule has 34 heavy (non-hydrogen) atoms. The molecule has 0 aromatic carbocycles. The average molecular weight is 543 g/mol. The molecule has 1 N–H and O–H groups in total. The quantitative estimate of drug-likeness (QED) is 0.186. The van der Waals surface area contributed by atoms with E-state index in [4.69, 9.17) is 14.6 Å². The molecule has 0 saturated carbocycles. The monoisotopic (exact) mass is 542 g/mol. The van der Waals surface area contributed by atoms with Gasteiger partial charge in [-0.2, -0.15) is 0 Å². The summed E-state index contributed by atoms with van der Waals surface area (Å²) in [6, 6.07) is -0.813. The van der Waals surface area contributed by atoms with Crippen LogP contribution in [0.3, 0.4) is 0 Å². The lowest BCUT2D eigenvalue weighted by Gasteiger charge is -2.42. The molecule has 3 heterocycles. The number of hydrogen-bond donors (Lipinski definition) is 1. The minimum atomic E-state index is -1.07. The number of ether oxygens (including phenoxy) is 2. The second kappa shape index (κ2) is 10.7. The second-order valence-electron chi connectivity index (χ2n) is 10.5. The molecule has 9 heteroatoms. The van der Waals surface area contributed by atoms with Crippen molar-refractivity contribution in [3.63, 3.8) is 0 Å². The fourth-order valence-corrected chi connectivity index (χ4v) is 6.82. The van der Waals surface area contributed by atoms with Gasteiger partial charge in [-0.25, -0.2) is 0 Å². The Morgan fingerprint density at radius 2 is 2.00 bits per heavy atom. The molecule has 0 aliphatic carbocycles. The van der Waals surface area contributed by atoms with Crippen LogP contribution in [0.1, 0.15) is 59.8 Å². The van der Waals surface area contributed by atoms with Crippen molar-refractivity contribution in [1.82, 2.24) is 9.80 Å². The highest BCUT2D eigenvalue weighted by Crippen LogP contribution is 2.60. The van der Waals surface area contributed by atoms with Crippen LogP contribution in [0.2, 0.25) is 0 Å². The average Bonchev–Trinajstić information content (AvgIpc) is 3.34. The van der Waals surface area contributed by atoms with Gasteiger partial charge in [0.25, 0.3) is 0 Å². The third-order valence-corrected chi connectivity index (χ3v) is 8.12. The number of esters is 1. The third-order valence-electron chi connectivity index (χ3n) is 7.28. The van der Waals surface area contributed by atoms with Crippen LogP contribution in [0.15, 0.2) is 12.7 Å². The highest BCUT2D eigenvalue weighted by molar-refractivity contribution is 9.09. The van der Waals surface area contributed by atoms with Gasteiger partial charge < -0.3 is 24.4 Å². The Bertz CT molecular complexity index is 799. The summed E-state index contributed by atoms with van der Waals surface area (Å²) in [6.07, 6.45) is 4.77. The van der Waals surface area contributed by atoms with E-state index in [9.17, 15) is 14.4 Å². The lowest BCUT2D eigenvalue weighted by molar-refractivity contribution is -0.155. The fourth-order valence-electron chi connectivity index (χ4n) is 5.88. The Morgan fingerprint density at radius 1 is 1.32 bits per heavy atom. The molecule has 3 aliphatic heterocycles. The van der Waals surface area contributed by atoms with Crippen LogP contribution in [0.5, 0.6) is 0 Å². The van der Waals surface area contributed by atoms with Crippen molar-refractivity contribution < 1.29 is 29.0 Å². The summed E-state index contributed by atoms with van der Waals surface area (Å²) in [5.41, 5.74) is -1.55. The minimum absolute atomic E-state index is 0.139. The van der Waals surface area contributed by atoms with Crippen molar-refractivity contribution in [2.75, 3.05) is 26.3 Å². The number of aliphatic hydroxyl groups excluding tert-OH is 1. The van der Waals surface area contributed by atoms with Crippen molar-refractivity contribution in [3.05, 3.63) is 12.7 Å². The van der Waals surface area contributed by atoms with E-state index in [1.54, 1.807) is 22.8 Å². The number of fused-ring (bicyclic) bond motifs is 1. The van der Waals surface area contributed by atoms with Gasteiger partial charge in [-0.1, -0.05) is 34.8 Å². The SMILES string of the molecule is C=CCN(C(=O)C1N(CCCCCCO)C(=O)[C@@H]2[C@H](C(=O)OCC)[C@H]3OC12CC3Br)C(C)(C)C. The molecular formula is C25H39BrN2O6. The molecule has 8 nitrogen and oxygen atoms in total. The fraction of sp³-hybridized carbons (Fsp3) is 0.800. The first-order valence-corrected chi connectivity index (χ1v) is 13.3. The van der Waals surface area contributed by atoms with Crippen LogP contribution in [0, 0.1) is 11.8 Å². The predicted molar refractivity (Wildman–Crippen MR) is 131 cm³/mol. The first kappa shape index (κ1) is 27.1. The van der Waals surface area contributed by atoms with Crippen molar-refractivity contribution in [3.8, 4) is 0 Å². The van der Waals surface area contributed by atoms with Gasteiger partial charge in [0.1, 0.15) is 11.6 Å². The zero-order chi connectivity index (χ0) is 25.3. The smallest absolute Gasteiger partial charge is 0.312 e. The number of aliphatic hydroxyl groups is 1. The Morgan fingerprint density at radius 3 is 2.59 bits per heavy atom. The largest absolute Gasteiger partial charge is 0.466 e. The maximum absolute atomic E-state index is 14.1. The maximum atomic E-state index is 14.1. The number of carbonyl (C=O) groups excluding carboxylic acids is 3. The Hall–Kier alpha value is -1.45. The van der Waals surface area contributed by atoms with Crippen LogP contribution >= 0.6 is 15.9 Å². The van der Waals surface area contributed by atoms with E-state index in [-0.39, 0.29) is 29.9 Å². The lowest BCUT2D eigenvalue weighted by atomic mass is 9.70. The van der Waals surface area contributed by atoms with Gasteiger partial charge in [0.05, 0.1) is 24.5 Å². The van der Waals surface area contributed by atoms with Crippen LogP contribution in [0.25, 0.3) is 0 Å². The summed E-state index contributed by atoms with van der Waals surface area (Å²) in [4.78, 5) is 44.2. The molecule has 2 amide bonds. The molecule has 3 fully saturated rings. The summed E-state index contributed by atoms with van der Waals surface area (Å²) >= 11 is 3.66. The second-order valence-corrected chi connectivity index (χ2v) is 11.7. The van der Waals surface area contributed by atoms with Crippen molar-refractivity contribution in [2.45, 2.75) is 87.9 Å². The van der Waals surface area contributed by atoms with Crippen LogP contribution in [-0.2, 0) is 23.9 Å². The van der Waals surface area contributed by atoms with E-state index >= 15 is 0 Å². The van der Waals surface area contributed by atoms with Crippen LogP contribution in [0.4, 0.5) is 0 Å². The van der Waals surface area contributed by atoms with Crippen LogP contribution < -0.4 is 0 Å². The molecular weight excluding hydrogens is 504 g/mol. The number of amides is 2. The van der Waals surface area contributed by atoms with Gasteiger partial charge in [0, 0.05) is 30.1 Å². The van der Waals surface area contributed by atoms with Gasteiger partial charge in [0.15, 0.2) is 0 Å². The van der Waals surface area contributed by atoms with Crippen molar-refractivity contribution in [1.29, 1.82) is 0 Å². The summed E-state index contributed by atoms with van der Waals surface area (Å²) in [6.45, 7) is 12.6. The molecule has 3 unspecified atom stereocenters. The van der Waals surface area contributed by atoms with Crippen LogP contribution in [-0.4, -0.2) is 87.1 Å². The number of carbonyl (C=O) groups is 3. The summed E-state index contributed by atoms with van der Waals surface area (Å²) in [5, 5.41) is 9.06. The third kappa shape index (κ3) is 4.67. The maximum Gasteiger partial charge on any atom is 0.312 e. The Kier molecular flexibility index (Phi) is 8.51. The highest BCUT2D eigenvalue weighted by Gasteiger charge is 2.77.